The number of hydrogen-bond donors (Lipinski definition) is 1. The first kappa shape index (κ1) is 16.3. The molecule has 1 aliphatic carbocycles. The van der Waals surface area contributed by atoms with Crippen molar-refractivity contribution >= 4 is 17.4 Å². The number of hydrogen-bond acceptors (Lipinski definition) is 5. The van der Waals surface area contributed by atoms with Gasteiger partial charge in [0, 0.05) is 19.1 Å². The van der Waals surface area contributed by atoms with Gasteiger partial charge in [0.15, 0.2) is 11.5 Å². The molecule has 3 heterocycles. The third kappa shape index (κ3) is 3.45. The lowest BCUT2D eigenvalue weighted by Gasteiger charge is -2.34. The van der Waals surface area contributed by atoms with Crippen LogP contribution in [0.2, 0.25) is 0 Å². The zero-order valence-electron chi connectivity index (χ0n) is 14.8. The van der Waals surface area contributed by atoms with Gasteiger partial charge < -0.3 is 10.2 Å². The Morgan fingerprint density at radius 3 is 2.80 bits per heavy atom. The van der Waals surface area contributed by atoms with Gasteiger partial charge in [0.25, 0.3) is 0 Å². The molecule has 7 heteroatoms. The highest BCUT2D eigenvalue weighted by Gasteiger charge is 2.28. The molecule has 0 spiro atoms. The minimum atomic E-state index is 0.0511. The van der Waals surface area contributed by atoms with Crippen LogP contribution in [0.5, 0.6) is 0 Å². The average Bonchev–Trinajstić information content (AvgIpc) is 3.03. The largest absolute Gasteiger partial charge is 0.354 e. The summed E-state index contributed by atoms with van der Waals surface area (Å²) in [5.41, 5.74) is 0.754. The fourth-order valence-electron chi connectivity index (χ4n) is 4.02. The molecule has 1 aliphatic heterocycles. The summed E-state index contributed by atoms with van der Waals surface area (Å²) >= 11 is 0. The van der Waals surface area contributed by atoms with E-state index in [4.69, 9.17) is 0 Å². The first-order chi connectivity index (χ1) is 12.2. The highest BCUT2D eigenvalue weighted by atomic mass is 16.2. The van der Waals surface area contributed by atoms with Crippen LogP contribution in [0.3, 0.4) is 0 Å². The number of piperidine rings is 1. The predicted octanol–water partition coefficient (Wildman–Crippen LogP) is 2.10. The smallest absolute Gasteiger partial charge is 0.225 e. The van der Waals surface area contributed by atoms with Crippen molar-refractivity contribution in [3.8, 4) is 0 Å². The number of amides is 1. The normalized spacial score (nSPS) is 22.3. The van der Waals surface area contributed by atoms with E-state index in [1.165, 1.54) is 19.3 Å². The number of carbonyl (C=O) groups excluding carboxylic acids is 1. The molecule has 0 radical (unpaired) electrons. The Morgan fingerprint density at radius 1 is 1.12 bits per heavy atom. The van der Waals surface area contributed by atoms with Crippen LogP contribution < -0.4 is 10.2 Å². The van der Waals surface area contributed by atoms with Crippen LogP contribution in [0, 0.1) is 12.8 Å². The Kier molecular flexibility index (Phi) is 4.55. The van der Waals surface area contributed by atoms with E-state index in [-0.39, 0.29) is 11.8 Å². The van der Waals surface area contributed by atoms with Crippen LogP contribution in [-0.4, -0.2) is 44.8 Å². The molecule has 0 unspecified atom stereocenters. The topological polar surface area (TPSA) is 75.4 Å². The van der Waals surface area contributed by atoms with Crippen molar-refractivity contribution in [2.24, 2.45) is 5.92 Å². The number of nitrogens with zero attached hydrogens (tertiary/aromatic N) is 5. The van der Waals surface area contributed by atoms with Crippen molar-refractivity contribution in [2.75, 3.05) is 18.0 Å². The Bertz CT molecular complexity index is 751. The fourth-order valence-corrected chi connectivity index (χ4v) is 4.02. The Morgan fingerprint density at radius 2 is 1.96 bits per heavy atom. The van der Waals surface area contributed by atoms with Crippen molar-refractivity contribution in [3.05, 3.63) is 18.0 Å². The average molecular weight is 342 g/mol. The van der Waals surface area contributed by atoms with E-state index in [2.05, 4.69) is 25.5 Å². The Hall–Kier alpha value is -2.18. The summed E-state index contributed by atoms with van der Waals surface area (Å²) in [6.45, 7) is 3.57. The Labute approximate surface area is 147 Å². The zero-order valence-corrected chi connectivity index (χ0v) is 14.8. The first-order valence-corrected chi connectivity index (χ1v) is 9.45. The van der Waals surface area contributed by atoms with E-state index in [0.29, 0.717) is 6.04 Å². The fraction of sp³-hybridized carbons (Fsp3) is 0.667. The van der Waals surface area contributed by atoms with Crippen molar-refractivity contribution in [1.82, 2.24) is 25.1 Å². The van der Waals surface area contributed by atoms with Gasteiger partial charge in [-0.1, -0.05) is 19.3 Å². The number of rotatable bonds is 3. The van der Waals surface area contributed by atoms with Crippen LogP contribution in [0.4, 0.5) is 5.82 Å². The monoisotopic (exact) mass is 342 g/mol. The summed E-state index contributed by atoms with van der Waals surface area (Å²) in [6, 6.07) is 4.30. The Balaban J connectivity index is 1.44. The van der Waals surface area contributed by atoms with Crippen LogP contribution in [0.1, 0.15) is 50.8 Å². The molecule has 2 fully saturated rings. The van der Waals surface area contributed by atoms with Crippen molar-refractivity contribution < 1.29 is 4.79 Å². The number of nitrogens with one attached hydrogen (secondary N) is 1. The third-order valence-electron chi connectivity index (χ3n) is 5.47. The quantitative estimate of drug-likeness (QED) is 0.924. The lowest BCUT2D eigenvalue weighted by Crippen LogP contribution is -2.46. The maximum Gasteiger partial charge on any atom is 0.225 e. The lowest BCUT2D eigenvalue weighted by atomic mass is 9.93. The van der Waals surface area contributed by atoms with Crippen LogP contribution in [0.25, 0.3) is 5.65 Å². The van der Waals surface area contributed by atoms with Gasteiger partial charge in [0.1, 0.15) is 5.82 Å². The molecule has 0 bridgehead atoms. The molecule has 25 heavy (non-hydrogen) atoms. The van der Waals surface area contributed by atoms with Gasteiger partial charge in [0.2, 0.25) is 5.91 Å². The predicted molar refractivity (Wildman–Crippen MR) is 95.5 cm³/mol. The molecule has 1 saturated carbocycles. The number of anilines is 1. The standard InChI is InChI=1S/C18H26N6O/c1-13-20-21-16-9-10-17(22-24(13)16)23-11-5-6-14(12-23)18(25)19-15-7-3-2-4-8-15/h9-10,14-15H,2-8,11-12H2,1H3,(H,19,25)/t14-/m1/s1. The van der Waals surface area contributed by atoms with Crippen molar-refractivity contribution in [2.45, 2.75) is 57.9 Å². The summed E-state index contributed by atoms with van der Waals surface area (Å²) in [6.07, 6.45) is 8.03. The second-order valence-corrected chi connectivity index (χ2v) is 7.34. The van der Waals surface area contributed by atoms with Gasteiger partial charge in [-0.3, -0.25) is 4.79 Å². The van der Waals surface area contributed by atoms with Crippen LogP contribution in [0.15, 0.2) is 12.1 Å². The first-order valence-electron chi connectivity index (χ1n) is 9.45. The molecule has 2 aliphatic rings. The van der Waals surface area contributed by atoms with E-state index in [9.17, 15) is 4.79 Å². The molecule has 2 aromatic rings. The zero-order chi connectivity index (χ0) is 17.2. The molecule has 0 aromatic carbocycles. The minimum absolute atomic E-state index is 0.0511. The molecule has 1 amide bonds. The number of fused-ring (bicyclic) bond motifs is 1. The summed E-state index contributed by atoms with van der Waals surface area (Å²) in [7, 11) is 0. The van der Waals surface area contributed by atoms with Gasteiger partial charge in [-0.15, -0.1) is 15.3 Å². The number of aryl methyl sites for hydroxylation is 1. The molecule has 1 atom stereocenters. The highest BCUT2D eigenvalue weighted by molar-refractivity contribution is 5.79. The van der Waals surface area contributed by atoms with Gasteiger partial charge in [-0.25, -0.2) is 0 Å². The third-order valence-corrected chi connectivity index (χ3v) is 5.47. The van der Waals surface area contributed by atoms with E-state index in [1.54, 1.807) is 4.52 Å². The number of carbonyl (C=O) groups is 1. The van der Waals surface area contributed by atoms with Gasteiger partial charge >= 0.3 is 0 Å². The summed E-state index contributed by atoms with van der Waals surface area (Å²) in [5.74, 6) is 1.94. The van der Waals surface area contributed by atoms with Gasteiger partial charge in [0.05, 0.1) is 5.92 Å². The number of aromatic nitrogens is 4. The molecular formula is C18H26N6O. The van der Waals surface area contributed by atoms with Gasteiger partial charge in [-0.2, -0.15) is 4.52 Å². The lowest BCUT2D eigenvalue weighted by molar-refractivity contribution is -0.126. The van der Waals surface area contributed by atoms with Crippen LogP contribution in [-0.2, 0) is 4.79 Å². The maximum atomic E-state index is 12.7. The highest BCUT2D eigenvalue weighted by Crippen LogP contribution is 2.23. The second-order valence-electron chi connectivity index (χ2n) is 7.34. The molecule has 2 aromatic heterocycles. The molecule has 7 nitrogen and oxygen atoms in total. The second kappa shape index (κ2) is 6.98. The van der Waals surface area contributed by atoms with Crippen molar-refractivity contribution in [1.29, 1.82) is 0 Å². The minimum Gasteiger partial charge on any atom is -0.354 e. The van der Waals surface area contributed by atoms with Gasteiger partial charge in [-0.05, 0) is 44.7 Å². The van der Waals surface area contributed by atoms with E-state index < -0.39 is 0 Å². The molecular weight excluding hydrogens is 316 g/mol. The summed E-state index contributed by atoms with van der Waals surface area (Å²) < 4.78 is 1.76. The van der Waals surface area contributed by atoms with Crippen LogP contribution >= 0.6 is 0 Å². The van der Waals surface area contributed by atoms with E-state index >= 15 is 0 Å². The summed E-state index contributed by atoms with van der Waals surface area (Å²) in [5, 5.41) is 16.1. The van der Waals surface area contributed by atoms with Crippen molar-refractivity contribution in [3.63, 3.8) is 0 Å². The molecule has 134 valence electrons. The van der Waals surface area contributed by atoms with E-state index in [0.717, 1.165) is 56.1 Å². The SMILES string of the molecule is Cc1nnc2ccc(N3CCC[C@@H](C(=O)NC4CCCCC4)C3)nn12. The molecule has 1 saturated heterocycles. The van der Waals surface area contributed by atoms with E-state index in [1.807, 2.05) is 19.1 Å². The maximum absolute atomic E-state index is 12.7. The molecule has 1 N–H and O–H groups in total. The molecule has 4 rings (SSSR count). The summed E-state index contributed by atoms with van der Waals surface area (Å²) in [4.78, 5) is 14.9.